The maximum atomic E-state index is 10.6. The van der Waals surface area contributed by atoms with Gasteiger partial charge in [-0.05, 0) is 0 Å². The first kappa shape index (κ1) is 70.8. The van der Waals surface area contributed by atoms with Gasteiger partial charge in [0.2, 0.25) is 0 Å². The van der Waals surface area contributed by atoms with Crippen molar-refractivity contribution >= 4 is 60.8 Å². The van der Waals surface area contributed by atoms with Crippen LogP contribution in [0.3, 0.4) is 0 Å². The van der Waals surface area contributed by atoms with Crippen molar-refractivity contribution in [3.05, 3.63) is 0 Å². The van der Waals surface area contributed by atoms with E-state index in [0.717, 1.165) is 0 Å². The molecule has 0 unspecified atom stereocenters. The molecule has 0 fully saturated rings. The molecule has 28 nitrogen and oxygen atoms in total. The SMILES string of the molecule is CC([O-])(P(=O)(O)O)P(=O)(O)O.CC([O-])(P(=O)(O)O)P(=O)(O)O.CC([O-])(P(=O)(O)O)P(=O)(O)O.CC([O-])(P(=O)(O)O)P(=O)(O)O.[Na+].[Na+].[Na+].[Na+]. The summed E-state index contributed by atoms with van der Waals surface area (Å²) in [4.78, 5) is 131. The van der Waals surface area contributed by atoms with E-state index in [9.17, 15) is 56.9 Å². The Labute approximate surface area is 358 Å². The minimum absolute atomic E-state index is 0. The van der Waals surface area contributed by atoms with Crippen molar-refractivity contribution in [2.24, 2.45) is 0 Å². The van der Waals surface area contributed by atoms with Crippen LogP contribution in [-0.2, 0) is 36.5 Å². The van der Waals surface area contributed by atoms with Gasteiger partial charge in [0.1, 0.15) is 0 Å². The molecule has 0 amide bonds. The minimum Gasteiger partial charge on any atom is -0.832 e. The van der Waals surface area contributed by atoms with E-state index in [1.165, 1.54) is 0 Å². The van der Waals surface area contributed by atoms with Gasteiger partial charge in [-0.15, -0.1) is 0 Å². The summed E-state index contributed by atoms with van der Waals surface area (Å²) < 4.78 is 81.5. The normalized spacial score (nSPS) is 13.8. The van der Waals surface area contributed by atoms with Gasteiger partial charge < -0.3 is 98.7 Å². The molecule has 0 heterocycles. The van der Waals surface area contributed by atoms with Crippen LogP contribution in [0.15, 0.2) is 0 Å². The molecule has 272 valence electrons. The van der Waals surface area contributed by atoms with Crippen LogP contribution >= 0.6 is 60.8 Å². The van der Waals surface area contributed by atoms with Gasteiger partial charge in [0, 0.05) is 0 Å². The predicted molar refractivity (Wildman–Crippen MR) is 130 cm³/mol. The molecule has 0 aromatic carbocycles. The maximum Gasteiger partial charge on any atom is 1.00 e. The van der Waals surface area contributed by atoms with Gasteiger partial charge in [-0.25, -0.2) is 0 Å². The number of hydrogen-bond donors (Lipinski definition) is 16. The standard InChI is InChI=1S/4C2H7O7P2.4Na/c4*1-2(3,10(4,5)6)11(7,8)9;;;;/h4*1H3,(H2,4,5,6)(H2,7,8,9);;;;/q4*-1;4*+1. The van der Waals surface area contributed by atoms with Gasteiger partial charge in [0.25, 0.3) is 0 Å². The molecule has 0 aromatic heterocycles. The van der Waals surface area contributed by atoms with Crippen LogP contribution in [0.2, 0.25) is 0 Å². The summed E-state index contributed by atoms with van der Waals surface area (Å²) in [7, 11) is -42.5. The molecular weight excluding hydrogens is 884 g/mol. The maximum absolute atomic E-state index is 10.6. The average molecular weight is 912 g/mol. The van der Waals surface area contributed by atoms with Crippen LogP contribution < -0.4 is 139 Å². The van der Waals surface area contributed by atoms with Crippen molar-refractivity contribution in [3.63, 3.8) is 0 Å². The molecule has 16 N–H and O–H groups in total. The quantitative estimate of drug-likeness (QED) is 0.0794. The van der Waals surface area contributed by atoms with Crippen molar-refractivity contribution in [2.75, 3.05) is 0 Å². The summed E-state index contributed by atoms with van der Waals surface area (Å²) in [5, 5.41) is 28.3. The fourth-order valence-electron chi connectivity index (χ4n) is 0.679. The summed E-state index contributed by atoms with van der Waals surface area (Å²) in [5.74, 6) is 0. The van der Waals surface area contributed by atoms with E-state index >= 15 is 0 Å². The average Bonchev–Trinajstić information content (AvgIpc) is 2.62. The second-order valence-corrected chi connectivity index (χ2v) is 25.0. The van der Waals surface area contributed by atoms with Crippen LogP contribution in [0.25, 0.3) is 0 Å². The van der Waals surface area contributed by atoms with Crippen LogP contribution in [0.4, 0.5) is 0 Å². The van der Waals surface area contributed by atoms with E-state index in [-0.39, 0.29) is 146 Å². The fourth-order valence-corrected chi connectivity index (χ4v) is 6.11. The number of hydrogen-bond acceptors (Lipinski definition) is 12. The monoisotopic (exact) mass is 912 g/mol. The van der Waals surface area contributed by atoms with Gasteiger partial charge >= 0.3 is 179 Å². The van der Waals surface area contributed by atoms with E-state index in [1.807, 2.05) is 0 Å². The van der Waals surface area contributed by atoms with Gasteiger partial charge in [-0.2, -0.15) is 0 Å². The molecular formula is C8H28Na4O28P8. The topological polar surface area (TPSA) is 552 Å². The first-order chi connectivity index (χ1) is 18.0. The van der Waals surface area contributed by atoms with E-state index in [2.05, 4.69) is 0 Å². The summed E-state index contributed by atoms with van der Waals surface area (Å²) in [6.07, 6.45) is 0. The molecule has 0 saturated carbocycles. The van der Waals surface area contributed by atoms with Crippen LogP contribution in [0.1, 0.15) is 27.7 Å². The molecule has 0 spiro atoms. The Morgan fingerprint density at radius 3 is 0.312 bits per heavy atom. The molecule has 0 rings (SSSR count). The Morgan fingerprint density at radius 1 is 0.271 bits per heavy atom. The second-order valence-electron chi connectivity index (χ2n) is 8.09. The summed E-state index contributed by atoms with van der Waals surface area (Å²) in [5.41, 5.74) is 0. The van der Waals surface area contributed by atoms with Crippen molar-refractivity contribution in [1.82, 2.24) is 0 Å². The zero-order valence-corrected chi connectivity index (χ0v) is 40.8. The fraction of sp³-hybridized carbons (Fsp3) is 1.00. The van der Waals surface area contributed by atoms with Gasteiger partial charge in [0.15, 0.2) is 0 Å². The van der Waals surface area contributed by atoms with Gasteiger partial charge in [0.05, 0.1) is 20.3 Å². The molecule has 0 aromatic rings. The van der Waals surface area contributed by atoms with E-state index < -0.39 is 81.1 Å². The van der Waals surface area contributed by atoms with Crippen LogP contribution in [-0.4, -0.2) is 98.6 Å². The van der Waals surface area contributed by atoms with Crippen molar-refractivity contribution < 1.29 is 253 Å². The number of rotatable bonds is 8. The zero-order chi connectivity index (χ0) is 38.0. The molecule has 0 saturated heterocycles. The Bertz CT molecular complexity index is 1060. The smallest absolute Gasteiger partial charge is 0.832 e. The summed E-state index contributed by atoms with van der Waals surface area (Å²) >= 11 is 0. The zero-order valence-electron chi connectivity index (χ0n) is 25.6. The first-order valence-electron chi connectivity index (χ1n) is 9.27. The largest absolute Gasteiger partial charge is 1.00 e. The first-order valence-corrected chi connectivity index (χ1v) is 22.2. The third kappa shape index (κ3) is 21.5. The third-order valence-corrected chi connectivity index (χ3v) is 19.2. The summed E-state index contributed by atoms with van der Waals surface area (Å²) in [6, 6.07) is 0. The van der Waals surface area contributed by atoms with Crippen molar-refractivity contribution in [2.45, 2.75) is 48.0 Å². The molecule has 0 radical (unpaired) electrons. The molecule has 40 heteroatoms. The molecule has 0 bridgehead atoms. The van der Waals surface area contributed by atoms with Gasteiger partial charge in [-0.1, -0.05) is 27.7 Å². The van der Waals surface area contributed by atoms with Crippen molar-refractivity contribution in [1.29, 1.82) is 0 Å². The van der Waals surface area contributed by atoms with Crippen LogP contribution in [0, 0.1) is 0 Å². The molecule has 0 aliphatic heterocycles. The van der Waals surface area contributed by atoms with E-state index in [0.29, 0.717) is 0 Å². The van der Waals surface area contributed by atoms with E-state index in [4.69, 9.17) is 78.3 Å². The molecule has 48 heavy (non-hydrogen) atoms. The molecule has 0 atom stereocenters. The second kappa shape index (κ2) is 22.8. The molecule has 0 aliphatic carbocycles. The predicted octanol–water partition coefficient (Wildman–Crippen LogP) is -18.5. The van der Waals surface area contributed by atoms with Crippen LogP contribution in [0.5, 0.6) is 0 Å². The minimum atomic E-state index is -5.31. The Kier molecular flexibility index (Phi) is 33.7. The Morgan fingerprint density at radius 2 is 0.312 bits per heavy atom. The Balaban J connectivity index is -0.0000000721. The van der Waals surface area contributed by atoms with Gasteiger partial charge in [-0.3, -0.25) is 36.5 Å². The van der Waals surface area contributed by atoms with E-state index in [1.54, 1.807) is 0 Å². The molecule has 0 aliphatic rings. The summed E-state index contributed by atoms with van der Waals surface area (Å²) in [6.45, 7) is 1.09. The Hall–Kier alpha value is 5.04. The van der Waals surface area contributed by atoms with Crippen molar-refractivity contribution in [3.8, 4) is 0 Å². The third-order valence-electron chi connectivity index (χ3n) is 4.32.